The van der Waals surface area contributed by atoms with Gasteiger partial charge in [0, 0.05) is 5.02 Å². The molecule has 0 radical (unpaired) electrons. The first kappa shape index (κ1) is 19.2. The van der Waals surface area contributed by atoms with Crippen molar-refractivity contribution in [3.8, 4) is 11.4 Å². The van der Waals surface area contributed by atoms with Crippen LogP contribution in [0.25, 0.3) is 11.4 Å². The van der Waals surface area contributed by atoms with Crippen molar-refractivity contribution in [3.05, 3.63) is 64.9 Å². The van der Waals surface area contributed by atoms with Crippen molar-refractivity contribution in [1.82, 2.24) is 20.2 Å². The van der Waals surface area contributed by atoms with Gasteiger partial charge in [-0.1, -0.05) is 47.6 Å². The highest BCUT2D eigenvalue weighted by Crippen LogP contribution is 2.24. The Kier molecular flexibility index (Phi) is 5.98. The Morgan fingerprint density at radius 3 is 2.81 bits per heavy atom. The number of nitrogens with two attached hydrogens (primary N) is 1. The molecule has 0 aliphatic carbocycles. The van der Waals surface area contributed by atoms with Crippen LogP contribution in [0.3, 0.4) is 0 Å². The van der Waals surface area contributed by atoms with E-state index in [9.17, 15) is 9.18 Å². The van der Waals surface area contributed by atoms with Crippen molar-refractivity contribution >= 4 is 29.3 Å². The summed E-state index contributed by atoms with van der Waals surface area (Å²) < 4.78 is 15.1. The predicted octanol–water partition coefficient (Wildman–Crippen LogP) is 3.42. The van der Waals surface area contributed by atoms with Gasteiger partial charge in [0.2, 0.25) is 11.1 Å². The van der Waals surface area contributed by atoms with Crippen LogP contribution in [-0.2, 0) is 4.79 Å². The van der Waals surface area contributed by atoms with E-state index >= 15 is 0 Å². The molecule has 3 N–H and O–H groups in total. The first-order valence-corrected chi connectivity index (χ1v) is 9.45. The molecule has 3 rings (SSSR count). The number of carbonyl (C=O) groups is 1. The number of benzene rings is 2. The number of aromatic nitrogens is 3. The molecule has 2 aromatic carbocycles. The van der Waals surface area contributed by atoms with Gasteiger partial charge in [-0.25, -0.2) is 9.07 Å². The SMILES string of the molecule is C[C@@H](NC(=O)CSc1nnc(-c2ccccc2F)n1N)c1cccc(Cl)c1. The van der Waals surface area contributed by atoms with Crippen LogP contribution in [0.5, 0.6) is 0 Å². The molecule has 0 aliphatic heterocycles. The number of amides is 1. The van der Waals surface area contributed by atoms with Crippen molar-refractivity contribution in [3.63, 3.8) is 0 Å². The Morgan fingerprint density at radius 2 is 2.07 bits per heavy atom. The van der Waals surface area contributed by atoms with Crippen LogP contribution in [0, 0.1) is 5.82 Å². The fourth-order valence-corrected chi connectivity index (χ4v) is 3.34. The van der Waals surface area contributed by atoms with Crippen molar-refractivity contribution in [2.45, 2.75) is 18.1 Å². The molecule has 9 heteroatoms. The van der Waals surface area contributed by atoms with Gasteiger partial charge in [0.05, 0.1) is 17.4 Å². The summed E-state index contributed by atoms with van der Waals surface area (Å²) in [6.07, 6.45) is 0. The molecule has 140 valence electrons. The lowest BCUT2D eigenvalue weighted by atomic mass is 10.1. The number of hydrogen-bond donors (Lipinski definition) is 2. The average Bonchev–Trinajstić information content (AvgIpc) is 3.01. The lowest BCUT2D eigenvalue weighted by molar-refractivity contribution is -0.119. The Morgan fingerprint density at radius 1 is 1.30 bits per heavy atom. The van der Waals surface area contributed by atoms with Crippen LogP contribution >= 0.6 is 23.4 Å². The van der Waals surface area contributed by atoms with E-state index in [2.05, 4.69) is 15.5 Å². The van der Waals surface area contributed by atoms with Gasteiger partial charge in [0.1, 0.15) is 5.82 Å². The summed E-state index contributed by atoms with van der Waals surface area (Å²) in [5.41, 5.74) is 1.16. The standard InChI is InChI=1S/C18H17ClFN5OS/c1-11(12-5-4-6-13(19)9-12)22-16(26)10-27-18-24-23-17(25(18)21)14-7-2-3-8-15(14)20/h2-9,11H,10,21H2,1H3,(H,22,26)/t11-/m1/s1. The minimum absolute atomic E-state index is 0.0948. The summed E-state index contributed by atoms with van der Waals surface area (Å²) in [6.45, 7) is 1.87. The minimum Gasteiger partial charge on any atom is -0.349 e. The molecule has 0 fully saturated rings. The van der Waals surface area contributed by atoms with Gasteiger partial charge in [-0.05, 0) is 36.8 Å². The van der Waals surface area contributed by atoms with E-state index in [1.54, 1.807) is 30.3 Å². The molecule has 0 spiro atoms. The lowest BCUT2D eigenvalue weighted by Crippen LogP contribution is -2.28. The third-order valence-corrected chi connectivity index (χ3v) is 5.02. The predicted molar refractivity (Wildman–Crippen MR) is 104 cm³/mol. The number of carbonyl (C=O) groups excluding carboxylic acids is 1. The van der Waals surface area contributed by atoms with E-state index in [-0.39, 0.29) is 29.1 Å². The highest BCUT2D eigenvalue weighted by molar-refractivity contribution is 7.99. The summed E-state index contributed by atoms with van der Waals surface area (Å²) in [5, 5.41) is 11.7. The number of hydrogen-bond acceptors (Lipinski definition) is 5. The summed E-state index contributed by atoms with van der Waals surface area (Å²) in [4.78, 5) is 12.2. The van der Waals surface area contributed by atoms with Crippen molar-refractivity contribution in [2.24, 2.45) is 0 Å². The topological polar surface area (TPSA) is 85.8 Å². The molecule has 1 heterocycles. The lowest BCUT2D eigenvalue weighted by Gasteiger charge is -2.14. The van der Waals surface area contributed by atoms with Gasteiger partial charge in [-0.2, -0.15) is 0 Å². The van der Waals surface area contributed by atoms with E-state index in [1.807, 2.05) is 19.1 Å². The number of nitrogens with one attached hydrogen (secondary N) is 1. The maximum atomic E-state index is 13.9. The Bertz CT molecular complexity index is 964. The highest BCUT2D eigenvalue weighted by atomic mass is 35.5. The smallest absolute Gasteiger partial charge is 0.230 e. The van der Waals surface area contributed by atoms with E-state index in [1.165, 1.54) is 10.7 Å². The molecule has 3 aromatic rings. The molecule has 1 atom stereocenters. The van der Waals surface area contributed by atoms with E-state index in [0.717, 1.165) is 17.3 Å². The van der Waals surface area contributed by atoms with Crippen molar-refractivity contribution in [1.29, 1.82) is 0 Å². The van der Waals surface area contributed by atoms with E-state index in [4.69, 9.17) is 17.4 Å². The Labute approximate surface area is 164 Å². The highest BCUT2D eigenvalue weighted by Gasteiger charge is 2.17. The Hall–Kier alpha value is -2.58. The number of halogens is 2. The molecular formula is C18H17ClFN5OS. The maximum absolute atomic E-state index is 13.9. The second-order valence-electron chi connectivity index (χ2n) is 5.79. The van der Waals surface area contributed by atoms with Gasteiger partial charge in [0.15, 0.2) is 5.82 Å². The second kappa shape index (κ2) is 8.41. The first-order valence-electron chi connectivity index (χ1n) is 8.08. The molecule has 0 saturated heterocycles. The normalized spacial score (nSPS) is 12.0. The zero-order valence-electron chi connectivity index (χ0n) is 14.4. The quantitative estimate of drug-likeness (QED) is 0.484. The van der Waals surface area contributed by atoms with Crippen LogP contribution in [0.2, 0.25) is 5.02 Å². The average molecular weight is 406 g/mol. The zero-order valence-corrected chi connectivity index (χ0v) is 16.0. The molecule has 6 nitrogen and oxygen atoms in total. The van der Waals surface area contributed by atoms with Crippen LogP contribution < -0.4 is 11.2 Å². The Balaban J connectivity index is 1.62. The van der Waals surface area contributed by atoms with Crippen LogP contribution in [0.4, 0.5) is 4.39 Å². The molecular weight excluding hydrogens is 389 g/mol. The summed E-state index contributed by atoms with van der Waals surface area (Å²) in [6, 6.07) is 13.3. The van der Waals surface area contributed by atoms with Gasteiger partial charge < -0.3 is 11.2 Å². The minimum atomic E-state index is -0.443. The molecule has 0 aliphatic rings. The molecule has 0 bridgehead atoms. The van der Waals surface area contributed by atoms with Crippen LogP contribution in [0.1, 0.15) is 18.5 Å². The first-order chi connectivity index (χ1) is 13.0. The summed E-state index contributed by atoms with van der Waals surface area (Å²) in [7, 11) is 0. The third-order valence-electron chi connectivity index (χ3n) is 3.84. The number of thioether (sulfide) groups is 1. The van der Waals surface area contributed by atoms with Gasteiger partial charge >= 0.3 is 0 Å². The van der Waals surface area contributed by atoms with Crippen LogP contribution in [0.15, 0.2) is 53.7 Å². The van der Waals surface area contributed by atoms with Gasteiger partial charge in [-0.3, -0.25) is 4.79 Å². The summed E-state index contributed by atoms with van der Waals surface area (Å²) in [5.74, 6) is 5.61. The second-order valence-corrected chi connectivity index (χ2v) is 7.17. The van der Waals surface area contributed by atoms with Gasteiger partial charge in [-0.15, -0.1) is 10.2 Å². The van der Waals surface area contributed by atoms with Crippen LogP contribution in [-0.4, -0.2) is 26.5 Å². The molecule has 0 saturated carbocycles. The molecule has 1 aromatic heterocycles. The number of nitrogens with zero attached hydrogens (tertiary/aromatic N) is 3. The fraction of sp³-hybridized carbons (Fsp3) is 0.167. The zero-order chi connectivity index (χ0) is 19.4. The third kappa shape index (κ3) is 4.58. The largest absolute Gasteiger partial charge is 0.349 e. The maximum Gasteiger partial charge on any atom is 0.230 e. The molecule has 27 heavy (non-hydrogen) atoms. The summed E-state index contributed by atoms with van der Waals surface area (Å²) >= 11 is 7.09. The van der Waals surface area contributed by atoms with Crippen molar-refractivity contribution in [2.75, 3.05) is 11.6 Å². The van der Waals surface area contributed by atoms with E-state index < -0.39 is 5.82 Å². The number of rotatable bonds is 6. The van der Waals surface area contributed by atoms with E-state index in [0.29, 0.717) is 10.2 Å². The monoisotopic (exact) mass is 405 g/mol. The van der Waals surface area contributed by atoms with Crippen molar-refractivity contribution < 1.29 is 9.18 Å². The fourth-order valence-electron chi connectivity index (χ4n) is 2.47. The molecule has 1 amide bonds. The molecule has 0 unspecified atom stereocenters. The number of nitrogen functional groups attached to an aromatic ring is 1. The van der Waals surface area contributed by atoms with Gasteiger partial charge in [0.25, 0.3) is 0 Å².